The van der Waals surface area contributed by atoms with Crippen LogP contribution in [0.15, 0.2) is 121 Å². The molecule has 5 aromatic carbocycles. The Hall–Kier alpha value is -5.68. The number of imidazole rings is 1. The van der Waals surface area contributed by atoms with E-state index in [2.05, 4.69) is 218 Å². The Balaban J connectivity index is 1.28. The number of nitrogens with zero attached hydrogens (tertiary/aromatic N) is 4. The number of hydrogen-bond donors (Lipinski definition) is 0. The van der Waals surface area contributed by atoms with Crippen molar-refractivity contribution in [1.82, 2.24) is 14.1 Å². The van der Waals surface area contributed by atoms with Gasteiger partial charge in [0.25, 0.3) is 6.33 Å². The molecule has 5 heteroatoms. The van der Waals surface area contributed by atoms with Gasteiger partial charge in [0.2, 0.25) is 0 Å². The molecule has 0 saturated heterocycles. The van der Waals surface area contributed by atoms with Crippen LogP contribution in [0.1, 0.15) is 105 Å². The van der Waals surface area contributed by atoms with E-state index < -0.39 is 0 Å². The molecular weight excluding hydrogens is 697 g/mol. The van der Waals surface area contributed by atoms with Crippen LogP contribution in [0.3, 0.4) is 0 Å². The highest BCUT2D eigenvalue weighted by Crippen LogP contribution is 2.40. The molecule has 0 radical (unpaired) electrons. The van der Waals surface area contributed by atoms with Gasteiger partial charge in [-0.25, -0.2) is 4.98 Å². The van der Waals surface area contributed by atoms with Gasteiger partial charge in [-0.3, -0.25) is 13.7 Å². The van der Waals surface area contributed by atoms with Crippen molar-refractivity contribution in [2.45, 2.75) is 105 Å². The fourth-order valence-corrected chi connectivity index (χ4v) is 7.80. The van der Waals surface area contributed by atoms with E-state index in [9.17, 15) is 0 Å². The first kappa shape index (κ1) is 38.2. The van der Waals surface area contributed by atoms with Gasteiger partial charge in [-0.05, 0) is 98.5 Å². The monoisotopic (exact) mass is 752 g/mol. The number of hydrogen-bond acceptors (Lipinski definition) is 2. The van der Waals surface area contributed by atoms with Crippen molar-refractivity contribution in [1.29, 1.82) is 0 Å². The molecule has 0 aliphatic rings. The lowest BCUT2D eigenvalue weighted by molar-refractivity contribution is -0.572. The number of aromatic nitrogens is 4. The Bertz CT molecular complexity index is 2770. The number of rotatable bonds is 5. The second-order valence-corrected chi connectivity index (χ2v) is 19.7. The van der Waals surface area contributed by atoms with Gasteiger partial charge in [-0.1, -0.05) is 138 Å². The average molecular weight is 753 g/mol. The number of ether oxygens (including phenoxy) is 1. The molecule has 0 aliphatic heterocycles. The average Bonchev–Trinajstić information content (AvgIpc) is 3.69. The lowest BCUT2D eigenvalue weighted by Crippen LogP contribution is -2.31. The maximum atomic E-state index is 7.01. The van der Waals surface area contributed by atoms with Crippen molar-refractivity contribution in [2.24, 2.45) is 0 Å². The van der Waals surface area contributed by atoms with Crippen LogP contribution in [-0.4, -0.2) is 14.1 Å². The largest absolute Gasteiger partial charge is 0.458 e. The Kier molecular flexibility index (Phi) is 9.03. The smallest absolute Gasteiger partial charge is 0.269 e. The fourth-order valence-electron chi connectivity index (χ4n) is 7.80. The Morgan fingerprint density at radius 3 is 1.84 bits per heavy atom. The Morgan fingerprint density at radius 2 is 1.18 bits per heavy atom. The van der Waals surface area contributed by atoms with Gasteiger partial charge >= 0.3 is 0 Å². The molecule has 0 unspecified atom stereocenters. The van der Waals surface area contributed by atoms with Gasteiger partial charge in [0.15, 0.2) is 0 Å². The molecule has 0 aliphatic carbocycles. The molecule has 8 aromatic rings. The highest BCUT2D eigenvalue weighted by atomic mass is 16.5. The van der Waals surface area contributed by atoms with Crippen molar-refractivity contribution >= 4 is 32.8 Å². The number of benzene rings is 5. The minimum absolute atomic E-state index is 0.00564. The molecule has 290 valence electrons. The van der Waals surface area contributed by atoms with Crippen molar-refractivity contribution < 1.29 is 9.30 Å². The summed E-state index contributed by atoms with van der Waals surface area (Å²) in [5.41, 5.74) is 11.2. The molecular formula is C52H56N4O. The summed E-state index contributed by atoms with van der Waals surface area (Å²) in [6, 6.07) is 41.5. The highest BCUT2D eigenvalue weighted by molar-refractivity contribution is 6.09. The van der Waals surface area contributed by atoms with E-state index in [1.54, 1.807) is 0 Å². The van der Waals surface area contributed by atoms with Gasteiger partial charge in [0, 0.05) is 23.0 Å². The summed E-state index contributed by atoms with van der Waals surface area (Å²) in [4.78, 5) is 4.90. The molecule has 0 atom stereocenters. The molecule has 0 spiro atoms. The van der Waals surface area contributed by atoms with Crippen LogP contribution in [0.4, 0.5) is 0 Å². The van der Waals surface area contributed by atoms with Crippen LogP contribution < -0.4 is 9.30 Å². The second-order valence-electron chi connectivity index (χ2n) is 19.7. The van der Waals surface area contributed by atoms with Crippen LogP contribution in [0.5, 0.6) is 11.5 Å². The maximum absolute atomic E-state index is 7.01. The summed E-state index contributed by atoms with van der Waals surface area (Å²) in [7, 11) is 0. The zero-order valence-corrected chi connectivity index (χ0v) is 35.7. The lowest BCUT2D eigenvalue weighted by Gasteiger charge is -2.26. The van der Waals surface area contributed by atoms with Crippen LogP contribution in [0, 0.1) is 6.33 Å². The van der Waals surface area contributed by atoms with Crippen molar-refractivity contribution in [3.05, 3.63) is 150 Å². The molecule has 0 saturated carbocycles. The van der Waals surface area contributed by atoms with Crippen LogP contribution in [0.2, 0.25) is 0 Å². The SMILES string of the molecule is CC(C)(C)c1cc(-[n+]2[c-]n(-c3ccc(C(C)(C)C)c(Oc4ccc5c6ccccc6n(-c6cc(C(C)(C)C)ccn6)c5c4)c3)c3ccccc32)cc(C(C)(C)C)c1. The lowest BCUT2D eigenvalue weighted by atomic mass is 9.80. The summed E-state index contributed by atoms with van der Waals surface area (Å²) < 4.78 is 13.7. The zero-order chi connectivity index (χ0) is 40.7. The third-order valence-corrected chi connectivity index (χ3v) is 11.2. The molecule has 57 heavy (non-hydrogen) atoms. The molecule has 0 amide bonds. The third kappa shape index (κ3) is 7.14. The highest BCUT2D eigenvalue weighted by Gasteiger charge is 2.25. The first-order valence-electron chi connectivity index (χ1n) is 20.2. The molecule has 0 bridgehead atoms. The summed E-state index contributed by atoms with van der Waals surface area (Å²) in [6.45, 7) is 27.2. The van der Waals surface area contributed by atoms with E-state index in [0.717, 1.165) is 61.7 Å². The zero-order valence-electron chi connectivity index (χ0n) is 35.7. The molecule has 3 heterocycles. The first-order chi connectivity index (χ1) is 26.8. The van der Waals surface area contributed by atoms with Crippen molar-refractivity contribution in [3.8, 4) is 28.7 Å². The van der Waals surface area contributed by atoms with Crippen LogP contribution >= 0.6 is 0 Å². The number of fused-ring (bicyclic) bond motifs is 4. The van der Waals surface area contributed by atoms with Crippen LogP contribution in [-0.2, 0) is 21.7 Å². The summed E-state index contributed by atoms with van der Waals surface area (Å²) in [5.74, 6) is 2.48. The van der Waals surface area contributed by atoms with Gasteiger partial charge in [-0.15, -0.1) is 0 Å². The summed E-state index contributed by atoms with van der Waals surface area (Å²) in [5, 5.41) is 2.35. The number of pyridine rings is 1. The molecule has 5 nitrogen and oxygen atoms in total. The van der Waals surface area contributed by atoms with E-state index in [1.165, 1.54) is 22.1 Å². The van der Waals surface area contributed by atoms with E-state index in [1.807, 2.05) is 6.20 Å². The quantitative estimate of drug-likeness (QED) is 0.130. The molecule has 0 N–H and O–H groups in total. The van der Waals surface area contributed by atoms with E-state index in [0.29, 0.717) is 0 Å². The maximum Gasteiger partial charge on any atom is 0.269 e. The molecule has 3 aromatic heterocycles. The van der Waals surface area contributed by atoms with E-state index >= 15 is 0 Å². The van der Waals surface area contributed by atoms with E-state index in [4.69, 9.17) is 9.72 Å². The van der Waals surface area contributed by atoms with Crippen LogP contribution in [0.25, 0.3) is 50.0 Å². The first-order valence-corrected chi connectivity index (χ1v) is 20.2. The fraction of sp³-hybridized carbons (Fsp3) is 0.308. The van der Waals surface area contributed by atoms with Gasteiger partial charge < -0.3 is 4.74 Å². The summed E-state index contributed by atoms with van der Waals surface area (Å²) in [6.07, 6.45) is 5.70. The van der Waals surface area contributed by atoms with Crippen molar-refractivity contribution in [2.75, 3.05) is 0 Å². The molecule has 0 fully saturated rings. The third-order valence-electron chi connectivity index (χ3n) is 11.2. The Morgan fingerprint density at radius 1 is 0.544 bits per heavy atom. The predicted octanol–water partition coefficient (Wildman–Crippen LogP) is 13.2. The van der Waals surface area contributed by atoms with Gasteiger partial charge in [0.1, 0.15) is 17.3 Å². The minimum Gasteiger partial charge on any atom is -0.458 e. The summed E-state index contributed by atoms with van der Waals surface area (Å²) >= 11 is 0. The standard InChI is InChI=1S/C52H56N4O/c1-49(2,3)34-25-26-53-48(30-34)56-43-18-14-13-17-40(43)41-23-22-39(32-46(41)56)57-47-31-37(21-24-42(47)52(10,11)12)54-33-55(45-20-16-15-19-44(45)54)38-28-35(50(4,5)6)27-36(29-38)51(7,8)9/h13-32H,1-12H3. The normalized spacial score (nSPS) is 12.9. The molecule has 8 rings (SSSR count). The van der Waals surface area contributed by atoms with Crippen molar-refractivity contribution in [3.63, 3.8) is 0 Å². The predicted molar refractivity (Wildman–Crippen MR) is 237 cm³/mol. The Labute approximate surface area is 338 Å². The topological polar surface area (TPSA) is 35.9 Å². The van der Waals surface area contributed by atoms with E-state index in [-0.39, 0.29) is 21.7 Å². The minimum atomic E-state index is -0.163. The number of para-hydroxylation sites is 3. The second kappa shape index (κ2) is 13.5. The van der Waals surface area contributed by atoms with Gasteiger partial charge in [0.05, 0.1) is 33.4 Å². The van der Waals surface area contributed by atoms with Gasteiger partial charge in [-0.2, -0.15) is 0 Å².